The second-order valence-electron chi connectivity index (χ2n) is 4.93. The molecule has 19 heavy (non-hydrogen) atoms. The van der Waals surface area contributed by atoms with Gasteiger partial charge in [-0.25, -0.2) is 0 Å². The molecule has 4 rings (SSSR count). The molecule has 86 valence electrons. The van der Waals surface area contributed by atoms with Crippen molar-refractivity contribution < 1.29 is 0 Å². The summed E-state index contributed by atoms with van der Waals surface area (Å²) < 4.78 is 1.41. The molecule has 0 fully saturated rings. The van der Waals surface area contributed by atoms with E-state index in [0.29, 0.717) is 0 Å². The van der Waals surface area contributed by atoms with E-state index < -0.39 is 0 Å². The average Bonchev–Trinajstić information content (AvgIpc) is 2.45. The Balaban J connectivity index is 2.29. The van der Waals surface area contributed by atoms with Crippen LogP contribution in [0.5, 0.6) is 0 Å². The van der Waals surface area contributed by atoms with Gasteiger partial charge in [0, 0.05) is 0 Å². The average molecular weight is 297 g/mol. The van der Waals surface area contributed by atoms with Crippen molar-refractivity contribution in [1.82, 2.24) is 0 Å². The first kappa shape index (κ1) is 11.2. The number of benzene rings is 4. The molecule has 4 aromatic carbocycles. The molecule has 1 heteroatoms. The number of rotatable bonds is 0. The van der Waals surface area contributed by atoms with Gasteiger partial charge in [0.25, 0.3) is 0 Å². The second-order valence-corrected chi connectivity index (χ2v) is 6.24. The van der Waals surface area contributed by atoms with Gasteiger partial charge in [0.05, 0.1) is 0 Å². The van der Waals surface area contributed by atoms with Gasteiger partial charge in [-0.1, -0.05) is 0 Å². The monoisotopic (exact) mass is 296 g/mol. The fourth-order valence-corrected chi connectivity index (χ4v) is 3.74. The Kier molecular flexibility index (Phi) is 2.44. The number of fused-ring (bicyclic) bond motifs is 4. The van der Waals surface area contributed by atoms with Gasteiger partial charge in [0.1, 0.15) is 0 Å². The van der Waals surface area contributed by atoms with Crippen LogP contribution < -0.4 is 4.12 Å². The minimum absolute atomic E-state index is 1.31. The summed E-state index contributed by atoms with van der Waals surface area (Å²) in [6.45, 7) is 0. The zero-order chi connectivity index (χ0) is 12.8. The Morgan fingerprint density at radius 1 is 0.579 bits per heavy atom. The molecule has 0 bridgehead atoms. The van der Waals surface area contributed by atoms with Crippen LogP contribution in [0.2, 0.25) is 0 Å². The second kappa shape index (κ2) is 4.15. The van der Waals surface area contributed by atoms with E-state index in [1.165, 1.54) is 36.4 Å². The quantitative estimate of drug-likeness (QED) is 0.262. The molecule has 0 amide bonds. The molecule has 0 atom stereocenters. The van der Waals surface area contributed by atoms with Gasteiger partial charge >= 0.3 is 122 Å². The minimum atomic E-state index is 1.31. The molecular formula is C18H11Ga. The van der Waals surface area contributed by atoms with Gasteiger partial charge in [-0.05, 0) is 0 Å². The fourth-order valence-electron chi connectivity index (χ4n) is 2.83. The normalized spacial score (nSPS) is 11.4. The van der Waals surface area contributed by atoms with Gasteiger partial charge in [0.2, 0.25) is 0 Å². The van der Waals surface area contributed by atoms with E-state index in [4.69, 9.17) is 0 Å². The molecule has 0 spiro atoms. The van der Waals surface area contributed by atoms with Crippen molar-refractivity contribution in [1.29, 1.82) is 0 Å². The van der Waals surface area contributed by atoms with Crippen molar-refractivity contribution in [3.05, 3.63) is 66.7 Å². The zero-order valence-electron chi connectivity index (χ0n) is 10.4. The first-order valence-electron chi connectivity index (χ1n) is 6.43. The molecule has 0 aliphatic heterocycles. The van der Waals surface area contributed by atoms with E-state index in [2.05, 4.69) is 66.7 Å². The molecule has 0 saturated carbocycles. The maximum absolute atomic E-state index is 2.33. The van der Waals surface area contributed by atoms with Crippen molar-refractivity contribution in [3.63, 3.8) is 0 Å². The number of hydrogen-bond donors (Lipinski definition) is 0. The molecule has 0 unspecified atom stereocenters. The first-order chi connectivity index (χ1) is 9.33. The Morgan fingerprint density at radius 3 is 2.11 bits per heavy atom. The summed E-state index contributed by atoms with van der Waals surface area (Å²) in [7, 11) is 0. The van der Waals surface area contributed by atoms with Crippen LogP contribution in [-0.4, -0.2) is 18.6 Å². The molecule has 0 aromatic heterocycles. The molecule has 0 aliphatic rings. The third kappa shape index (κ3) is 1.70. The molecule has 0 N–H and O–H groups in total. The Labute approximate surface area is 122 Å². The molecular weight excluding hydrogens is 286 g/mol. The van der Waals surface area contributed by atoms with Crippen LogP contribution in [-0.2, 0) is 0 Å². The van der Waals surface area contributed by atoms with Crippen LogP contribution in [0.4, 0.5) is 0 Å². The van der Waals surface area contributed by atoms with Crippen molar-refractivity contribution >= 4 is 55.0 Å². The van der Waals surface area contributed by atoms with Gasteiger partial charge in [-0.2, -0.15) is 0 Å². The first-order valence-corrected chi connectivity index (χ1v) is 7.64. The van der Waals surface area contributed by atoms with Crippen molar-refractivity contribution in [3.8, 4) is 0 Å². The third-order valence-corrected chi connectivity index (χ3v) is 4.77. The van der Waals surface area contributed by atoms with E-state index in [1.54, 1.807) is 18.6 Å². The predicted molar refractivity (Wildman–Crippen MR) is 84.3 cm³/mol. The molecule has 0 aliphatic carbocycles. The van der Waals surface area contributed by atoms with E-state index in [9.17, 15) is 0 Å². The third-order valence-electron chi connectivity index (χ3n) is 3.76. The molecule has 4 aromatic rings. The summed E-state index contributed by atoms with van der Waals surface area (Å²) in [5, 5.41) is 8.08. The summed E-state index contributed by atoms with van der Waals surface area (Å²) >= 11 is 1.69. The van der Waals surface area contributed by atoms with Gasteiger partial charge in [-0.15, -0.1) is 0 Å². The predicted octanol–water partition coefficient (Wildman–Crippen LogP) is 3.94. The van der Waals surface area contributed by atoms with Gasteiger partial charge < -0.3 is 0 Å². The van der Waals surface area contributed by atoms with E-state index in [1.807, 2.05) is 0 Å². The summed E-state index contributed by atoms with van der Waals surface area (Å²) in [6.07, 6.45) is 0. The summed E-state index contributed by atoms with van der Waals surface area (Å²) in [4.78, 5) is 0. The summed E-state index contributed by atoms with van der Waals surface area (Å²) in [5.41, 5.74) is 0. The summed E-state index contributed by atoms with van der Waals surface area (Å²) in [6, 6.07) is 24.2. The fraction of sp³-hybridized carbons (Fsp3) is 0. The number of hydrogen-bond acceptors (Lipinski definition) is 0. The SMILES string of the molecule is [Ga][c]1cccc2ccc3cc4ccccc4cc3c12. The van der Waals surface area contributed by atoms with E-state index >= 15 is 0 Å². The van der Waals surface area contributed by atoms with Crippen molar-refractivity contribution in [2.75, 3.05) is 0 Å². The van der Waals surface area contributed by atoms with Gasteiger partial charge in [0.15, 0.2) is 0 Å². The Bertz CT molecular complexity index is 922. The maximum atomic E-state index is 2.33. The Morgan fingerprint density at radius 2 is 1.26 bits per heavy atom. The molecule has 0 saturated heterocycles. The zero-order valence-corrected chi connectivity index (χ0v) is 12.9. The van der Waals surface area contributed by atoms with Crippen molar-refractivity contribution in [2.24, 2.45) is 0 Å². The van der Waals surface area contributed by atoms with E-state index in [0.717, 1.165) is 0 Å². The molecule has 0 nitrogen and oxygen atoms in total. The van der Waals surface area contributed by atoms with E-state index in [-0.39, 0.29) is 0 Å². The summed E-state index contributed by atoms with van der Waals surface area (Å²) in [5.74, 6) is 0. The topological polar surface area (TPSA) is 0 Å². The van der Waals surface area contributed by atoms with Crippen LogP contribution in [0.15, 0.2) is 66.7 Å². The Hall–Kier alpha value is -1.70. The van der Waals surface area contributed by atoms with Crippen LogP contribution in [0.3, 0.4) is 0 Å². The van der Waals surface area contributed by atoms with Crippen LogP contribution in [0.1, 0.15) is 0 Å². The standard InChI is InChI=1S/C18H11.Ga/c1-2-7-15-12-18-16(11-14(15)6-1)10-9-13-5-3-4-8-17(13)18;/h1-7,9-12H;. The van der Waals surface area contributed by atoms with Crippen LogP contribution >= 0.6 is 0 Å². The van der Waals surface area contributed by atoms with Crippen molar-refractivity contribution in [2.45, 2.75) is 0 Å². The molecule has 0 heterocycles. The molecule has 2 radical (unpaired) electrons. The van der Waals surface area contributed by atoms with Crippen LogP contribution in [0, 0.1) is 0 Å². The van der Waals surface area contributed by atoms with Gasteiger partial charge in [-0.3, -0.25) is 0 Å². The van der Waals surface area contributed by atoms with Crippen LogP contribution in [0.25, 0.3) is 32.3 Å².